The van der Waals surface area contributed by atoms with Gasteiger partial charge in [0, 0.05) is 10.0 Å². The van der Waals surface area contributed by atoms with E-state index in [1.54, 1.807) is 0 Å². The van der Waals surface area contributed by atoms with Gasteiger partial charge in [0.15, 0.2) is 5.78 Å². The minimum Gasteiger partial charge on any atom is -0.288 e. The topological polar surface area (TPSA) is 17.1 Å². The SMILES string of the molecule is O=C(c1cc(Cl)ccc1F)c1cc(Cl)ccc1F. The second kappa shape index (κ2) is 5.04. The molecule has 0 radical (unpaired) electrons. The maximum atomic E-state index is 13.5. The smallest absolute Gasteiger partial charge is 0.199 e. The summed E-state index contributed by atoms with van der Waals surface area (Å²) in [5.41, 5.74) is -0.577. The highest BCUT2D eigenvalue weighted by molar-refractivity contribution is 6.32. The summed E-state index contributed by atoms with van der Waals surface area (Å²) in [4.78, 5) is 12.0. The maximum absolute atomic E-state index is 13.5. The molecule has 0 spiro atoms. The van der Waals surface area contributed by atoms with Gasteiger partial charge in [-0.25, -0.2) is 8.78 Å². The van der Waals surface area contributed by atoms with Crippen LogP contribution in [0.2, 0.25) is 10.0 Å². The molecule has 0 amide bonds. The Hall–Kier alpha value is -1.45. The van der Waals surface area contributed by atoms with Crippen LogP contribution in [0.1, 0.15) is 15.9 Å². The predicted molar refractivity (Wildman–Crippen MR) is 66.3 cm³/mol. The van der Waals surface area contributed by atoms with E-state index in [1.807, 2.05) is 0 Å². The van der Waals surface area contributed by atoms with Crippen molar-refractivity contribution in [1.82, 2.24) is 0 Å². The first kappa shape index (κ1) is 13.0. The fourth-order valence-corrected chi connectivity index (χ4v) is 1.83. The van der Waals surface area contributed by atoms with Crippen molar-refractivity contribution in [3.8, 4) is 0 Å². The van der Waals surface area contributed by atoms with Gasteiger partial charge in [0.1, 0.15) is 11.6 Å². The quantitative estimate of drug-likeness (QED) is 0.743. The van der Waals surface area contributed by atoms with Crippen molar-refractivity contribution in [1.29, 1.82) is 0 Å². The first-order chi connectivity index (χ1) is 8.49. The molecule has 5 heteroatoms. The first-order valence-corrected chi connectivity index (χ1v) is 5.69. The summed E-state index contributed by atoms with van der Waals surface area (Å²) >= 11 is 11.4. The van der Waals surface area contributed by atoms with E-state index >= 15 is 0 Å². The molecular formula is C13H6Cl2F2O. The van der Waals surface area contributed by atoms with Crippen LogP contribution in [0.15, 0.2) is 36.4 Å². The van der Waals surface area contributed by atoms with Crippen LogP contribution < -0.4 is 0 Å². The van der Waals surface area contributed by atoms with Gasteiger partial charge in [0.2, 0.25) is 0 Å². The molecule has 2 rings (SSSR count). The molecule has 0 aromatic heterocycles. The third-order valence-corrected chi connectivity index (χ3v) is 2.82. The van der Waals surface area contributed by atoms with Gasteiger partial charge in [-0.3, -0.25) is 4.79 Å². The number of rotatable bonds is 2. The molecule has 0 N–H and O–H groups in total. The summed E-state index contributed by atoms with van der Waals surface area (Å²) in [6.07, 6.45) is 0. The lowest BCUT2D eigenvalue weighted by molar-refractivity contribution is 0.103. The van der Waals surface area contributed by atoms with E-state index in [1.165, 1.54) is 12.1 Å². The molecule has 0 fully saturated rings. The molecule has 2 aromatic carbocycles. The second-order valence-corrected chi connectivity index (χ2v) is 4.45. The van der Waals surface area contributed by atoms with Gasteiger partial charge in [-0.05, 0) is 36.4 Å². The standard InChI is InChI=1S/C13H6Cl2F2O/c14-7-1-3-11(16)9(5-7)13(18)10-6-8(15)2-4-12(10)17/h1-6H. The lowest BCUT2D eigenvalue weighted by Gasteiger charge is -2.05. The molecule has 0 saturated heterocycles. The molecular weight excluding hydrogens is 281 g/mol. The molecule has 0 aliphatic heterocycles. The predicted octanol–water partition coefficient (Wildman–Crippen LogP) is 4.50. The van der Waals surface area contributed by atoms with Gasteiger partial charge < -0.3 is 0 Å². The molecule has 0 saturated carbocycles. The summed E-state index contributed by atoms with van der Waals surface area (Å²) in [6, 6.07) is 7.03. The van der Waals surface area contributed by atoms with E-state index in [0.717, 1.165) is 24.3 Å². The molecule has 92 valence electrons. The summed E-state index contributed by atoms with van der Waals surface area (Å²) in [5.74, 6) is -2.32. The lowest BCUT2D eigenvalue weighted by atomic mass is 10.0. The average molecular weight is 287 g/mol. The van der Waals surface area contributed by atoms with E-state index in [9.17, 15) is 13.6 Å². The summed E-state index contributed by atoms with van der Waals surface area (Å²) in [6.45, 7) is 0. The van der Waals surface area contributed by atoms with Gasteiger partial charge in [-0.1, -0.05) is 23.2 Å². The Balaban J connectivity index is 2.54. The zero-order valence-corrected chi connectivity index (χ0v) is 10.4. The van der Waals surface area contributed by atoms with Crippen molar-refractivity contribution in [2.24, 2.45) is 0 Å². The number of hydrogen-bond acceptors (Lipinski definition) is 1. The molecule has 0 aliphatic rings. The highest BCUT2D eigenvalue weighted by Crippen LogP contribution is 2.22. The highest BCUT2D eigenvalue weighted by atomic mass is 35.5. The van der Waals surface area contributed by atoms with Gasteiger partial charge in [0.25, 0.3) is 0 Å². The minimum atomic E-state index is -0.796. The Morgan fingerprint density at radius 3 is 1.61 bits per heavy atom. The number of ketones is 1. The Kier molecular flexibility index (Phi) is 3.64. The number of carbonyl (C=O) groups is 1. The molecule has 0 aliphatic carbocycles. The zero-order valence-electron chi connectivity index (χ0n) is 8.88. The van der Waals surface area contributed by atoms with Gasteiger partial charge >= 0.3 is 0 Å². The van der Waals surface area contributed by atoms with E-state index in [-0.39, 0.29) is 21.2 Å². The summed E-state index contributed by atoms with van der Waals surface area (Å²) < 4.78 is 27.0. The lowest BCUT2D eigenvalue weighted by Crippen LogP contribution is -2.06. The number of hydrogen-bond donors (Lipinski definition) is 0. The van der Waals surface area contributed by atoms with Gasteiger partial charge in [0.05, 0.1) is 11.1 Å². The van der Waals surface area contributed by atoms with Crippen molar-refractivity contribution in [3.05, 3.63) is 69.2 Å². The van der Waals surface area contributed by atoms with Crippen molar-refractivity contribution in [3.63, 3.8) is 0 Å². The van der Waals surface area contributed by atoms with Crippen LogP contribution in [0.5, 0.6) is 0 Å². The maximum Gasteiger partial charge on any atom is 0.199 e. The van der Waals surface area contributed by atoms with Crippen LogP contribution in [-0.4, -0.2) is 5.78 Å². The van der Waals surface area contributed by atoms with Crippen LogP contribution in [-0.2, 0) is 0 Å². The Labute approximate surface area is 112 Å². The van der Waals surface area contributed by atoms with Crippen LogP contribution in [0, 0.1) is 11.6 Å². The van der Waals surface area contributed by atoms with Gasteiger partial charge in [-0.2, -0.15) is 0 Å². The summed E-state index contributed by atoms with van der Waals surface area (Å²) in [7, 11) is 0. The van der Waals surface area contributed by atoms with E-state index in [4.69, 9.17) is 23.2 Å². The summed E-state index contributed by atoms with van der Waals surface area (Å²) in [5, 5.41) is 0.393. The molecule has 18 heavy (non-hydrogen) atoms. The number of benzene rings is 2. The zero-order chi connectivity index (χ0) is 13.3. The van der Waals surface area contributed by atoms with Crippen LogP contribution in [0.25, 0.3) is 0 Å². The molecule has 0 unspecified atom stereocenters. The number of carbonyl (C=O) groups excluding carboxylic acids is 1. The minimum absolute atomic E-state index is 0.196. The average Bonchev–Trinajstić information content (AvgIpc) is 2.34. The Bertz CT molecular complexity index is 573. The largest absolute Gasteiger partial charge is 0.288 e. The van der Waals surface area contributed by atoms with Crippen molar-refractivity contribution < 1.29 is 13.6 Å². The monoisotopic (exact) mass is 286 g/mol. The van der Waals surface area contributed by atoms with Crippen molar-refractivity contribution >= 4 is 29.0 Å². The molecule has 0 bridgehead atoms. The van der Waals surface area contributed by atoms with Crippen LogP contribution >= 0.6 is 23.2 Å². The van der Waals surface area contributed by atoms with E-state index in [0.29, 0.717) is 0 Å². The van der Waals surface area contributed by atoms with E-state index < -0.39 is 17.4 Å². The fraction of sp³-hybridized carbons (Fsp3) is 0. The Morgan fingerprint density at radius 2 is 1.22 bits per heavy atom. The third-order valence-electron chi connectivity index (χ3n) is 2.35. The van der Waals surface area contributed by atoms with Crippen LogP contribution in [0.3, 0.4) is 0 Å². The second-order valence-electron chi connectivity index (χ2n) is 3.58. The van der Waals surface area contributed by atoms with Crippen molar-refractivity contribution in [2.75, 3.05) is 0 Å². The highest BCUT2D eigenvalue weighted by Gasteiger charge is 2.18. The first-order valence-electron chi connectivity index (χ1n) is 4.94. The van der Waals surface area contributed by atoms with Crippen LogP contribution in [0.4, 0.5) is 8.78 Å². The molecule has 0 heterocycles. The molecule has 1 nitrogen and oxygen atoms in total. The Morgan fingerprint density at radius 1 is 0.833 bits per heavy atom. The molecule has 0 atom stereocenters. The van der Waals surface area contributed by atoms with Gasteiger partial charge in [-0.15, -0.1) is 0 Å². The van der Waals surface area contributed by atoms with E-state index in [2.05, 4.69) is 0 Å². The number of halogens is 4. The van der Waals surface area contributed by atoms with Crippen molar-refractivity contribution in [2.45, 2.75) is 0 Å². The fourth-order valence-electron chi connectivity index (χ4n) is 1.49. The molecule has 2 aromatic rings. The normalized spacial score (nSPS) is 10.4. The third kappa shape index (κ3) is 2.52.